The lowest BCUT2D eigenvalue weighted by atomic mass is 10.1. The van der Waals surface area contributed by atoms with Crippen molar-refractivity contribution in [3.8, 4) is 0 Å². The van der Waals surface area contributed by atoms with Crippen molar-refractivity contribution < 1.29 is 0 Å². The molecule has 0 unspecified atom stereocenters. The summed E-state index contributed by atoms with van der Waals surface area (Å²) in [7, 11) is 0. The average molecular weight is 285 g/mol. The molecule has 4 N–H and O–H groups in total. The Morgan fingerprint density at radius 3 is 2.70 bits per heavy atom. The maximum atomic E-state index is 7.59. The second-order valence-electron chi connectivity index (χ2n) is 4.63. The number of nitrogens with zero attached hydrogens (tertiary/aromatic N) is 1. The summed E-state index contributed by atoms with van der Waals surface area (Å²) in [6.45, 7) is 0. The summed E-state index contributed by atoms with van der Waals surface area (Å²) in [5.41, 5.74) is 10.1. The molecule has 0 radical (unpaired) electrons. The maximum absolute atomic E-state index is 7.59. The largest absolute Gasteiger partial charge is 0.384 e. The van der Waals surface area contributed by atoms with Crippen molar-refractivity contribution >= 4 is 28.5 Å². The molecule has 0 aliphatic heterocycles. The first-order valence-electron chi connectivity index (χ1n) is 6.19. The lowest BCUT2D eigenvalue weighted by Crippen LogP contribution is -2.11. The fourth-order valence-corrected chi connectivity index (χ4v) is 2.35. The Balaban J connectivity index is 1.99. The van der Waals surface area contributed by atoms with Crippen molar-refractivity contribution in [2.24, 2.45) is 5.73 Å². The summed E-state index contributed by atoms with van der Waals surface area (Å²) >= 11 is 5.88. The molecule has 0 saturated carbocycles. The van der Waals surface area contributed by atoms with Crippen molar-refractivity contribution in [3.05, 3.63) is 64.4 Å². The standard InChI is InChI=1S/C15H13ClN4/c16-10-3-1-9(2-4-10)7-11-8-13-14(20-11)12(15(17)18)5-6-19-13/h1-6,8,20H,7H2,(H3,17,18). The number of hydrogen-bond acceptors (Lipinski definition) is 2. The SMILES string of the molecule is N=C(N)c1ccnc2cc(Cc3ccc(Cl)cc3)[nH]c12. The number of H-pyrrole nitrogens is 1. The van der Waals surface area contributed by atoms with Crippen LogP contribution in [-0.4, -0.2) is 15.8 Å². The summed E-state index contributed by atoms with van der Waals surface area (Å²) in [5, 5.41) is 8.31. The van der Waals surface area contributed by atoms with Gasteiger partial charge in [0, 0.05) is 28.9 Å². The number of halogens is 1. The number of amidine groups is 1. The Bertz CT molecular complexity index is 774. The second kappa shape index (κ2) is 4.98. The first kappa shape index (κ1) is 12.7. The van der Waals surface area contributed by atoms with E-state index in [2.05, 4.69) is 9.97 Å². The van der Waals surface area contributed by atoms with E-state index in [1.165, 1.54) is 0 Å². The predicted molar refractivity (Wildman–Crippen MR) is 81.4 cm³/mol. The van der Waals surface area contributed by atoms with E-state index in [-0.39, 0.29) is 5.84 Å². The number of nitrogens with two attached hydrogens (primary N) is 1. The van der Waals surface area contributed by atoms with Crippen molar-refractivity contribution in [1.29, 1.82) is 5.41 Å². The molecule has 0 aliphatic carbocycles. The minimum atomic E-state index is 0.0392. The molecule has 20 heavy (non-hydrogen) atoms. The van der Waals surface area contributed by atoms with Gasteiger partial charge in [0.25, 0.3) is 0 Å². The topological polar surface area (TPSA) is 78.6 Å². The fraction of sp³-hybridized carbons (Fsp3) is 0.0667. The molecule has 3 aromatic rings. The molecule has 1 aromatic carbocycles. The van der Waals surface area contributed by atoms with Crippen LogP contribution in [0.3, 0.4) is 0 Å². The molecule has 2 heterocycles. The zero-order valence-electron chi connectivity index (χ0n) is 10.7. The van der Waals surface area contributed by atoms with Gasteiger partial charge in [0.15, 0.2) is 0 Å². The number of nitrogen functional groups attached to an aromatic ring is 1. The van der Waals surface area contributed by atoms with Gasteiger partial charge in [0.05, 0.1) is 11.0 Å². The van der Waals surface area contributed by atoms with E-state index in [1.807, 2.05) is 30.3 Å². The smallest absolute Gasteiger partial charge is 0.125 e. The third kappa shape index (κ3) is 2.38. The molecule has 0 saturated heterocycles. The van der Waals surface area contributed by atoms with E-state index in [0.717, 1.165) is 33.7 Å². The van der Waals surface area contributed by atoms with Crippen LogP contribution in [0.2, 0.25) is 5.02 Å². The Kier molecular flexibility index (Phi) is 3.16. The minimum absolute atomic E-state index is 0.0392. The number of pyridine rings is 1. The van der Waals surface area contributed by atoms with Gasteiger partial charge in [-0.1, -0.05) is 23.7 Å². The van der Waals surface area contributed by atoms with Crippen LogP contribution < -0.4 is 5.73 Å². The van der Waals surface area contributed by atoms with Gasteiger partial charge in [0.2, 0.25) is 0 Å². The summed E-state index contributed by atoms with van der Waals surface area (Å²) in [6, 6.07) is 11.5. The lowest BCUT2D eigenvalue weighted by molar-refractivity contribution is 1.12. The Morgan fingerprint density at radius 1 is 1.25 bits per heavy atom. The van der Waals surface area contributed by atoms with Crippen LogP contribution in [0.1, 0.15) is 16.8 Å². The molecule has 0 atom stereocenters. The maximum Gasteiger partial charge on any atom is 0.125 e. The average Bonchev–Trinajstić information content (AvgIpc) is 2.83. The molecule has 2 aromatic heterocycles. The van der Waals surface area contributed by atoms with Crippen molar-refractivity contribution in [3.63, 3.8) is 0 Å². The highest BCUT2D eigenvalue weighted by molar-refractivity contribution is 6.30. The molecule has 4 nitrogen and oxygen atoms in total. The number of nitrogens with one attached hydrogen (secondary N) is 2. The molecule has 0 amide bonds. The van der Waals surface area contributed by atoms with Crippen LogP contribution in [0.15, 0.2) is 42.6 Å². The van der Waals surface area contributed by atoms with E-state index in [0.29, 0.717) is 5.56 Å². The van der Waals surface area contributed by atoms with Gasteiger partial charge < -0.3 is 10.7 Å². The van der Waals surface area contributed by atoms with E-state index in [4.69, 9.17) is 22.7 Å². The number of hydrogen-bond donors (Lipinski definition) is 3. The summed E-state index contributed by atoms with van der Waals surface area (Å²) in [6.07, 6.45) is 2.42. The molecular weight excluding hydrogens is 272 g/mol. The molecular formula is C15H13ClN4. The summed E-state index contributed by atoms with van der Waals surface area (Å²) in [4.78, 5) is 7.59. The minimum Gasteiger partial charge on any atom is -0.384 e. The first-order valence-corrected chi connectivity index (χ1v) is 6.57. The van der Waals surface area contributed by atoms with Gasteiger partial charge in [-0.2, -0.15) is 0 Å². The van der Waals surface area contributed by atoms with Crippen LogP contribution in [0.4, 0.5) is 0 Å². The van der Waals surface area contributed by atoms with Crippen molar-refractivity contribution in [1.82, 2.24) is 9.97 Å². The van der Waals surface area contributed by atoms with Crippen molar-refractivity contribution in [2.75, 3.05) is 0 Å². The van der Waals surface area contributed by atoms with E-state index in [9.17, 15) is 0 Å². The highest BCUT2D eigenvalue weighted by Gasteiger charge is 2.08. The normalized spacial score (nSPS) is 10.8. The number of rotatable bonds is 3. The van der Waals surface area contributed by atoms with Gasteiger partial charge in [0.1, 0.15) is 5.84 Å². The fourth-order valence-electron chi connectivity index (χ4n) is 2.22. The number of aromatic amines is 1. The lowest BCUT2D eigenvalue weighted by Gasteiger charge is -2.00. The van der Waals surface area contributed by atoms with Gasteiger partial charge in [-0.3, -0.25) is 10.4 Å². The molecule has 0 bridgehead atoms. The summed E-state index contributed by atoms with van der Waals surface area (Å²) < 4.78 is 0. The van der Waals surface area contributed by atoms with Crippen molar-refractivity contribution in [2.45, 2.75) is 6.42 Å². The number of fused-ring (bicyclic) bond motifs is 1. The molecule has 3 rings (SSSR count). The van der Waals surface area contributed by atoms with E-state index >= 15 is 0 Å². The van der Waals surface area contributed by atoms with Gasteiger partial charge in [-0.25, -0.2) is 0 Å². The molecule has 0 aliphatic rings. The Morgan fingerprint density at radius 2 is 2.00 bits per heavy atom. The van der Waals surface area contributed by atoms with Crippen LogP contribution in [0, 0.1) is 5.41 Å². The Hall–Kier alpha value is -2.33. The van der Waals surface area contributed by atoms with E-state index < -0.39 is 0 Å². The van der Waals surface area contributed by atoms with Crippen LogP contribution in [-0.2, 0) is 6.42 Å². The Labute approximate surface area is 121 Å². The molecule has 5 heteroatoms. The van der Waals surface area contributed by atoms with E-state index in [1.54, 1.807) is 12.3 Å². The zero-order chi connectivity index (χ0) is 14.1. The van der Waals surface area contributed by atoms with Crippen LogP contribution >= 0.6 is 11.6 Å². The summed E-state index contributed by atoms with van der Waals surface area (Å²) in [5.74, 6) is 0.0392. The van der Waals surface area contributed by atoms with Gasteiger partial charge in [-0.15, -0.1) is 0 Å². The van der Waals surface area contributed by atoms with Gasteiger partial charge >= 0.3 is 0 Å². The first-order chi connectivity index (χ1) is 9.63. The molecule has 0 spiro atoms. The third-order valence-electron chi connectivity index (χ3n) is 3.17. The number of benzene rings is 1. The monoisotopic (exact) mass is 284 g/mol. The number of aromatic nitrogens is 2. The van der Waals surface area contributed by atoms with Crippen LogP contribution in [0.25, 0.3) is 11.0 Å². The molecule has 100 valence electrons. The highest BCUT2D eigenvalue weighted by Crippen LogP contribution is 2.19. The van der Waals surface area contributed by atoms with Gasteiger partial charge in [-0.05, 0) is 29.8 Å². The highest BCUT2D eigenvalue weighted by atomic mass is 35.5. The third-order valence-corrected chi connectivity index (χ3v) is 3.43. The second-order valence-corrected chi connectivity index (χ2v) is 5.07. The quantitative estimate of drug-likeness (QED) is 0.510. The predicted octanol–water partition coefficient (Wildman–Crippen LogP) is 3.09. The molecule has 0 fully saturated rings. The van der Waals surface area contributed by atoms with Crippen LogP contribution in [0.5, 0.6) is 0 Å². The zero-order valence-corrected chi connectivity index (χ0v) is 11.4.